The van der Waals surface area contributed by atoms with Gasteiger partial charge >= 0.3 is 0 Å². The molecule has 0 aliphatic carbocycles. The van der Waals surface area contributed by atoms with E-state index in [2.05, 4.69) is 18.9 Å². The van der Waals surface area contributed by atoms with Crippen molar-refractivity contribution in [1.82, 2.24) is 10.4 Å². The zero-order valence-electron chi connectivity index (χ0n) is 7.22. The highest BCUT2D eigenvalue weighted by atomic mass is 15.5. The van der Waals surface area contributed by atoms with Crippen molar-refractivity contribution in [1.29, 1.82) is 0 Å². The van der Waals surface area contributed by atoms with Gasteiger partial charge in [-0.2, -0.15) is 0 Å². The van der Waals surface area contributed by atoms with Gasteiger partial charge in [-0.15, -0.1) is 6.58 Å². The van der Waals surface area contributed by atoms with Crippen LogP contribution in [0.25, 0.3) is 0 Å². The molecule has 0 spiro atoms. The van der Waals surface area contributed by atoms with Gasteiger partial charge in [0.05, 0.1) is 0 Å². The smallest absolute Gasteiger partial charge is 0.0189 e. The molecule has 0 fully saturated rings. The van der Waals surface area contributed by atoms with Gasteiger partial charge < -0.3 is 0 Å². The minimum absolute atomic E-state index is 0.549. The standard InChI is InChI=1S/C8H18N2/c1-5-6-7-8(2)9-10(3)4/h5,8-9H,1,6-7H2,2-4H3. The Balaban J connectivity index is 3.24. The van der Waals surface area contributed by atoms with Gasteiger partial charge in [0.1, 0.15) is 0 Å². The fourth-order valence-corrected chi connectivity index (χ4v) is 0.873. The molecule has 0 bridgehead atoms. The van der Waals surface area contributed by atoms with Crippen LogP contribution >= 0.6 is 0 Å². The maximum absolute atomic E-state index is 3.67. The Morgan fingerprint density at radius 3 is 2.60 bits per heavy atom. The third-order valence-electron chi connectivity index (χ3n) is 1.28. The second kappa shape index (κ2) is 5.45. The summed E-state index contributed by atoms with van der Waals surface area (Å²) in [5.41, 5.74) is 3.26. The molecule has 2 nitrogen and oxygen atoms in total. The lowest BCUT2D eigenvalue weighted by Gasteiger charge is -2.18. The first-order valence-electron chi connectivity index (χ1n) is 3.71. The van der Waals surface area contributed by atoms with E-state index in [0.717, 1.165) is 12.8 Å². The van der Waals surface area contributed by atoms with Crippen LogP contribution in [0.3, 0.4) is 0 Å². The Labute approximate surface area is 63.9 Å². The topological polar surface area (TPSA) is 15.3 Å². The quantitative estimate of drug-likeness (QED) is 0.461. The molecule has 0 aromatic rings. The van der Waals surface area contributed by atoms with E-state index in [0.29, 0.717) is 6.04 Å². The number of hydrazine groups is 1. The Bertz CT molecular complexity index is 89.3. The minimum atomic E-state index is 0.549. The first-order valence-corrected chi connectivity index (χ1v) is 3.71. The van der Waals surface area contributed by atoms with Gasteiger partial charge in [0.25, 0.3) is 0 Å². The van der Waals surface area contributed by atoms with E-state index in [1.165, 1.54) is 0 Å². The molecule has 0 aromatic heterocycles. The highest BCUT2D eigenvalue weighted by molar-refractivity contribution is 4.69. The Kier molecular flexibility index (Phi) is 5.26. The van der Waals surface area contributed by atoms with Crippen molar-refractivity contribution in [3.8, 4) is 0 Å². The van der Waals surface area contributed by atoms with Crippen molar-refractivity contribution in [3.63, 3.8) is 0 Å². The van der Waals surface area contributed by atoms with Crippen LogP contribution in [0.1, 0.15) is 19.8 Å². The average molecular weight is 142 g/mol. The molecule has 10 heavy (non-hydrogen) atoms. The summed E-state index contributed by atoms with van der Waals surface area (Å²) in [6.07, 6.45) is 4.19. The van der Waals surface area contributed by atoms with E-state index in [4.69, 9.17) is 0 Å². The Morgan fingerprint density at radius 2 is 2.20 bits per heavy atom. The number of allylic oxidation sites excluding steroid dienone is 1. The molecule has 0 amide bonds. The summed E-state index contributed by atoms with van der Waals surface area (Å²) in [7, 11) is 4.01. The van der Waals surface area contributed by atoms with Crippen molar-refractivity contribution in [2.75, 3.05) is 14.1 Å². The molecule has 0 saturated carbocycles. The van der Waals surface area contributed by atoms with Crippen LogP contribution in [-0.4, -0.2) is 25.1 Å². The normalized spacial score (nSPS) is 13.6. The van der Waals surface area contributed by atoms with Gasteiger partial charge in [0.15, 0.2) is 0 Å². The second-order valence-corrected chi connectivity index (χ2v) is 2.79. The summed E-state index contributed by atoms with van der Waals surface area (Å²) in [4.78, 5) is 0. The molecule has 2 heteroatoms. The zero-order valence-corrected chi connectivity index (χ0v) is 7.22. The number of nitrogens with one attached hydrogen (secondary N) is 1. The molecule has 0 aromatic carbocycles. The molecule has 0 aliphatic rings. The number of hydrogen-bond acceptors (Lipinski definition) is 2. The molecule has 0 rings (SSSR count). The van der Waals surface area contributed by atoms with Crippen LogP contribution in [0.5, 0.6) is 0 Å². The van der Waals surface area contributed by atoms with E-state index < -0.39 is 0 Å². The first kappa shape index (κ1) is 9.66. The highest BCUT2D eigenvalue weighted by Crippen LogP contribution is 1.95. The molecule has 0 radical (unpaired) electrons. The van der Waals surface area contributed by atoms with Crippen LogP contribution < -0.4 is 5.43 Å². The van der Waals surface area contributed by atoms with Crippen LogP contribution in [0, 0.1) is 0 Å². The number of nitrogens with zero attached hydrogens (tertiary/aromatic N) is 1. The van der Waals surface area contributed by atoms with Crippen LogP contribution in [0.4, 0.5) is 0 Å². The second-order valence-electron chi connectivity index (χ2n) is 2.79. The van der Waals surface area contributed by atoms with Gasteiger partial charge in [-0.25, -0.2) is 0 Å². The van der Waals surface area contributed by atoms with Crippen molar-refractivity contribution in [3.05, 3.63) is 12.7 Å². The fraction of sp³-hybridized carbons (Fsp3) is 0.750. The Hall–Kier alpha value is -0.340. The summed E-state index contributed by atoms with van der Waals surface area (Å²) in [5, 5.41) is 1.98. The molecular weight excluding hydrogens is 124 g/mol. The molecule has 1 atom stereocenters. The van der Waals surface area contributed by atoms with E-state index >= 15 is 0 Å². The van der Waals surface area contributed by atoms with E-state index in [-0.39, 0.29) is 0 Å². The molecule has 0 aliphatic heterocycles. The van der Waals surface area contributed by atoms with E-state index in [1.54, 1.807) is 0 Å². The predicted octanol–water partition coefficient (Wildman–Crippen LogP) is 1.41. The largest absolute Gasteiger partial charge is 0.253 e. The molecule has 0 saturated heterocycles. The molecule has 1 unspecified atom stereocenters. The summed E-state index contributed by atoms with van der Waals surface area (Å²) >= 11 is 0. The van der Waals surface area contributed by atoms with Crippen LogP contribution in [0.2, 0.25) is 0 Å². The average Bonchev–Trinajstić information content (AvgIpc) is 1.82. The van der Waals surface area contributed by atoms with Gasteiger partial charge in [0.2, 0.25) is 0 Å². The third-order valence-corrected chi connectivity index (χ3v) is 1.28. The minimum Gasteiger partial charge on any atom is -0.253 e. The van der Waals surface area contributed by atoms with Gasteiger partial charge in [-0.1, -0.05) is 6.08 Å². The maximum atomic E-state index is 3.67. The predicted molar refractivity (Wildman–Crippen MR) is 45.7 cm³/mol. The first-order chi connectivity index (χ1) is 4.66. The third kappa shape index (κ3) is 5.79. The van der Waals surface area contributed by atoms with E-state index in [1.807, 2.05) is 25.2 Å². The summed E-state index contributed by atoms with van der Waals surface area (Å²) < 4.78 is 0. The molecule has 60 valence electrons. The molecule has 0 heterocycles. The lowest BCUT2D eigenvalue weighted by atomic mass is 10.2. The van der Waals surface area contributed by atoms with Gasteiger partial charge in [-0.05, 0) is 19.8 Å². The zero-order chi connectivity index (χ0) is 7.98. The maximum Gasteiger partial charge on any atom is 0.0189 e. The summed E-state index contributed by atoms with van der Waals surface area (Å²) in [6, 6.07) is 0.549. The monoisotopic (exact) mass is 142 g/mol. The van der Waals surface area contributed by atoms with Gasteiger partial charge in [0, 0.05) is 20.1 Å². The van der Waals surface area contributed by atoms with Crippen molar-refractivity contribution in [2.45, 2.75) is 25.8 Å². The molecule has 1 N–H and O–H groups in total. The summed E-state index contributed by atoms with van der Waals surface area (Å²) in [6.45, 7) is 5.84. The van der Waals surface area contributed by atoms with Gasteiger partial charge in [-0.3, -0.25) is 10.4 Å². The lowest BCUT2D eigenvalue weighted by molar-refractivity contribution is 0.244. The lowest BCUT2D eigenvalue weighted by Crippen LogP contribution is -2.37. The Morgan fingerprint density at radius 1 is 1.60 bits per heavy atom. The number of rotatable bonds is 5. The van der Waals surface area contributed by atoms with Crippen LogP contribution in [-0.2, 0) is 0 Å². The highest BCUT2D eigenvalue weighted by Gasteiger charge is 1.98. The van der Waals surface area contributed by atoms with Crippen molar-refractivity contribution >= 4 is 0 Å². The van der Waals surface area contributed by atoms with Crippen molar-refractivity contribution < 1.29 is 0 Å². The molecular formula is C8H18N2. The van der Waals surface area contributed by atoms with Crippen molar-refractivity contribution in [2.24, 2.45) is 0 Å². The summed E-state index contributed by atoms with van der Waals surface area (Å²) in [5.74, 6) is 0. The number of hydrogen-bond donors (Lipinski definition) is 1. The SMILES string of the molecule is C=CCCC(C)NN(C)C. The van der Waals surface area contributed by atoms with Crippen LogP contribution in [0.15, 0.2) is 12.7 Å². The fourth-order valence-electron chi connectivity index (χ4n) is 0.873. The van der Waals surface area contributed by atoms with E-state index in [9.17, 15) is 0 Å².